The van der Waals surface area contributed by atoms with Gasteiger partial charge in [0.15, 0.2) is 0 Å². The Balaban J connectivity index is 1.45. The molecular formula is C31H39F. The van der Waals surface area contributed by atoms with Gasteiger partial charge >= 0.3 is 0 Å². The number of unbranched alkanes of at least 4 members (excludes halogenated alkanes) is 2. The van der Waals surface area contributed by atoms with Crippen molar-refractivity contribution in [3.63, 3.8) is 0 Å². The number of rotatable bonds is 10. The van der Waals surface area contributed by atoms with Crippen LogP contribution in [-0.2, 0) is 12.8 Å². The lowest BCUT2D eigenvalue weighted by molar-refractivity contribution is 0.249. The summed E-state index contributed by atoms with van der Waals surface area (Å²) in [4.78, 5) is 0. The number of benzene rings is 2. The molecular weight excluding hydrogens is 391 g/mol. The van der Waals surface area contributed by atoms with Gasteiger partial charge in [0.05, 0.1) is 5.56 Å². The third-order valence-corrected chi connectivity index (χ3v) is 6.99. The highest BCUT2D eigenvalue weighted by molar-refractivity contribution is 5.44. The van der Waals surface area contributed by atoms with E-state index in [1.54, 1.807) is 12.1 Å². The first-order valence-corrected chi connectivity index (χ1v) is 12.7. The first kappa shape index (κ1) is 24.3. The van der Waals surface area contributed by atoms with Crippen LogP contribution < -0.4 is 0 Å². The number of aryl methyl sites for hydroxylation is 2. The van der Waals surface area contributed by atoms with Gasteiger partial charge in [-0.2, -0.15) is 0 Å². The molecule has 0 radical (unpaired) electrons. The second-order valence-corrected chi connectivity index (χ2v) is 9.51. The summed E-state index contributed by atoms with van der Waals surface area (Å²) in [7, 11) is 0. The Labute approximate surface area is 195 Å². The summed E-state index contributed by atoms with van der Waals surface area (Å²) in [5.74, 6) is 7.76. The molecule has 2 aromatic rings. The van der Waals surface area contributed by atoms with E-state index in [0.29, 0.717) is 5.56 Å². The van der Waals surface area contributed by atoms with Gasteiger partial charge in [0.25, 0.3) is 0 Å². The lowest BCUT2D eigenvalue weighted by Crippen LogP contribution is -2.15. The molecule has 1 fully saturated rings. The molecule has 170 valence electrons. The standard InChI is InChI=1S/C31H39F/c1-3-5-7-9-25-10-12-26(13-11-25)14-15-27-16-18-28(19-17-27)20-22-30-23-21-29(8-6-4-2)24-31(30)32/h4,16-19,21,23-26H,2-3,5-15H2,1H3. The fraction of sp³-hybridized carbons (Fsp3) is 0.484. The summed E-state index contributed by atoms with van der Waals surface area (Å²) in [5.41, 5.74) is 3.78. The van der Waals surface area contributed by atoms with Crippen molar-refractivity contribution in [2.45, 2.75) is 84.0 Å². The van der Waals surface area contributed by atoms with Crippen LogP contribution in [0.3, 0.4) is 0 Å². The lowest BCUT2D eigenvalue weighted by atomic mass is 9.78. The molecule has 32 heavy (non-hydrogen) atoms. The molecule has 1 saturated carbocycles. The summed E-state index contributed by atoms with van der Waals surface area (Å²) in [6.45, 7) is 6.01. The predicted molar refractivity (Wildman–Crippen MR) is 135 cm³/mol. The van der Waals surface area contributed by atoms with Gasteiger partial charge in [-0.3, -0.25) is 0 Å². The molecule has 0 aliphatic heterocycles. The highest BCUT2D eigenvalue weighted by Gasteiger charge is 2.20. The molecule has 0 bridgehead atoms. The van der Waals surface area contributed by atoms with Crippen LogP contribution in [0.5, 0.6) is 0 Å². The average molecular weight is 431 g/mol. The minimum Gasteiger partial charge on any atom is -0.206 e. The maximum atomic E-state index is 14.3. The van der Waals surface area contributed by atoms with Crippen molar-refractivity contribution in [2.75, 3.05) is 0 Å². The van der Waals surface area contributed by atoms with Gasteiger partial charge in [-0.05, 0) is 72.9 Å². The van der Waals surface area contributed by atoms with Crippen LogP contribution >= 0.6 is 0 Å². The molecule has 0 amide bonds. The second-order valence-electron chi connectivity index (χ2n) is 9.51. The highest BCUT2D eigenvalue weighted by atomic mass is 19.1. The summed E-state index contributed by atoms with van der Waals surface area (Å²) in [6, 6.07) is 13.9. The molecule has 0 N–H and O–H groups in total. The number of halogens is 1. The molecule has 0 saturated heterocycles. The highest BCUT2D eigenvalue weighted by Crippen LogP contribution is 2.34. The van der Waals surface area contributed by atoms with Crippen molar-refractivity contribution < 1.29 is 4.39 Å². The molecule has 3 rings (SSSR count). The molecule has 0 unspecified atom stereocenters. The van der Waals surface area contributed by atoms with E-state index in [1.165, 1.54) is 63.4 Å². The third kappa shape index (κ3) is 7.98. The Hall–Kier alpha value is -2.33. The Morgan fingerprint density at radius 3 is 2.22 bits per heavy atom. The van der Waals surface area contributed by atoms with E-state index < -0.39 is 0 Å². The monoisotopic (exact) mass is 430 g/mol. The Kier molecular flexibility index (Phi) is 10.1. The van der Waals surface area contributed by atoms with Crippen LogP contribution in [0.15, 0.2) is 55.1 Å². The van der Waals surface area contributed by atoms with Gasteiger partial charge in [0.1, 0.15) is 5.82 Å². The SMILES string of the molecule is C=CCCc1ccc(C#Cc2ccc(CCC3CCC(CCCCC)CC3)cc2)c(F)c1. The van der Waals surface area contributed by atoms with Crippen LogP contribution in [0.2, 0.25) is 0 Å². The fourth-order valence-corrected chi connectivity index (χ4v) is 4.84. The van der Waals surface area contributed by atoms with Gasteiger partial charge in [-0.15, -0.1) is 6.58 Å². The molecule has 0 atom stereocenters. The summed E-state index contributed by atoms with van der Waals surface area (Å²) >= 11 is 0. The largest absolute Gasteiger partial charge is 0.206 e. The van der Waals surface area contributed by atoms with Crippen molar-refractivity contribution >= 4 is 0 Å². The molecule has 2 aromatic carbocycles. The fourth-order valence-electron chi connectivity index (χ4n) is 4.84. The van der Waals surface area contributed by atoms with Crippen molar-refractivity contribution in [3.8, 4) is 11.8 Å². The van der Waals surface area contributed by atoms with Crippen LogP contribution in [0.25, 0.3) is 0 Å². The van der Waals surface area contributed by atoms with Crippen molar-refractivity contribution in [1.82, 2.24) is 0 Å². The van der Waals surface area contributed by atoms with Crippen LogP contribution in [0.1, 0.15) is 93.4 Å². The zero-order chi connectivity index (χ0) is 22.6. The van der Waals surface area contributed by atoms with Gasteiger partial charge < -0.3 is 0 Å². The molecule has 1 heteroatoms. The van der Waals surface area contributed by atoms with Crippen molar-refractivity contribution in [1.29, 1.82) is 0 Å². The molecule has 0 aromatic heterocycles. The zero-order valence-corrected chi connectivity index (χ0v) is 19.8. The Morgan fingerprint density at radius 2 is 1.56 bits per heavy atom. The predicted octanol–water partition coefficient (Wildman–Crippen LogP) is 8.66. The summed E-state index contributed by atoms with van der Waals surface area (Å²) in [5, 5.41) is 0. The Bertz CT molecular complexity index is 888. The topological polar surface area (TPSA) is 0 Å². The number of hydrogen-bond donors (Lipinski definition) is 0. The van der Waals surface area contributed by atoms with Crippen LogP contribution in [0, 0.1) is 29.5 Å². The Morgan fingerprint density at radius 1 is 0.875 bits per heavy atom. The maximum Gasteiger partial charge on any atom is 0.139 e. The van der Waals surface area contributed by atoms with Crippen LogP contribution in [-0.4, -0.2) is 0 Å². The van der Waals surface area contributed by atoms with E-state index in [2.05, 4.69) is 49.6 Å². The van der Waals surface area contributed by atoms with E-state index >= 15 is 0 Å². The number of allylic oxidation sites excluding steroid dienone is 1. The summed E-state index contributed by atoms with van der Waals surface area (Å²) in [6.07, 6.45) is 17.3. The zero-order valence-electron chi connectivity index (χ0n) is 19.8. The van der Waals surface area contributed by atoms with E-state index in [0.717, 1.165) is 42.2 Å². The van der Waals surface area contributed by atoms with E-state index in [-0.39, 0.29) is 5.82 Å². The third-order valence-electron chi connectivity index (χ3n) is 6.99. The summed E-state index contributed by atoms with van der Waals surface area (Å²) < 4.78 is 14.3. The van der Waals surface area contributed by atoms with Crippen molar-refractivity contribution in [2.24, 2.45) is 11.8 Å². The normalized spacial score (nSPS) is 18.1. The van der Waals surface area contributed by atoms with Crippen LogP contribution in [0.4, 0.5) is 4.39 Å². The van der Waals surface area contributed by atoms with Gasteiger partial charge in [0, 0.05) is 5.56 Å². The van der Waals surface area contributed by atoms with Gasteiger partial charge in [-0.25, -0.2) is 4.39 Å². The van der Waals surface area contributed by atoms with Gasteiger partial charge in [-0.1, -0.05) is 94.4 Å². The van der Waals surface area contributed by atoms with E-state index in [4.69, 9.17) is 0 Å². The quantitative estimate of drug-likeness (QED) is 0.201. The first-order chi connectivity index (χ1) is 15.7. The molecule has 0 heterocycles. The first-order valence-electron chi connectivity index (χ1n) is 12.7. The lowest BCUT2D eigenvalue weighted by Gasteiger charge is -2.28. The van der Waals surface area contributed by atoms with Crippen molar-refractivity contribution in [3.05, 3.63) is 83.2 Å². The minimum atomic E-state index is -0.240. The average Bonchev–Trinajstić information content (AvgIpc) is 2.82. The van der Waals surface area contributed by atoms with E-state index in [1.807, 2.05) is 12.1 Å². The molecule has 1 aliphatic rings. The molecule has 0 nitrogen and oxygen atoms in total. The van der Waals surface area contributed by atoms with E-state index in [9.17, 15) is 4.39 Å². The smallest absolute Gasteiger partial charge is 0.139 e. The molecule has 0 spiro atoms. The second kappa shape index (κ2) is 13.3. The minimum absolute atomic E-state index is 0.240. The maximum absolute atomic E-state index is 14.3. The molecule has 1 aliphatic carbocycles. The van der Waals surface area contributed by atoms with Gasteiger partial charge in [0.2, 0.25) is 0 Å². The number of hydrogen-bond acceptors (Lipinski definition) is 0.